The highest BCUT2D eigenvalue weighted by molar-refractivity contribution is 6.14. The zero-order valence-corrected chi connectivity index (χ0v) is 16.7. The molecule has 0 unspecified atom stereocenters. The molecule has 2 heteroatoms. The second-order valence-corrected chi connectivity index (χ2v) is 5.12. The van der Waals surface area contributed by atoms with E-state index in [-0.39, 0.29) is 0 Å². The van der Waals surface area contributed by atoms with Crippen molar-refractivity contribution >= 4 is 21.8 Å². The molecule has 5 rings (SSSR count). The first kappa shape index (κ1) is 19.6. The van der Waals surface area contributed by atoms with Gasteiger partial charge in [0.2, 0.25) is 0 Å². The minimum absolute atomic E-state index is 0.955. The van der Waals surface area contributed by atoms with Crippen molar-refractivity contribution in [2.75, 3.05) is 0 Å². The minimum atomic E-state index is 0.955. The van der Waals surface area contributed by atoms with Gasteiger partial charge in [-0.1, -0.05) is 90.1 Å². The van der Waals surface area contributed by atoms with E-state index in [9.17, 15) is 0 Å². The molecule has 0 saturated heterocycles. The van der Waals surface area contributed by atoms with Crippen LogP contribution >= 0.6 is 0 Å². The maximum absolute atomic E-state index is 4.83. The molecular formula is C24H28N2. The summed E-state index contributed by atoms with van der Waals surface area (Å²) in [7, 11) is 0. The molecule has 2 nitrogen and oxygen atoms in total. The quantitative estimate of drug-likeness (QED) is 0.290. The van der Waals surface area contributed by atoms with Crippen molar-refractivity contribution in [3.05, 3.63) is 60.7 Å². The van der Waals surface area contributed by atoms with Crippen molar-refractivity contribution in [3.8, 4) is 22.5 Å². The molecule has 0 fully saturated rings. The molecular weight excluding hydrogens is 316 g/mol. The van der Waals surface area contributed by atoms with Crippen molar-refractivity contribution in [1.82, 2.24) is 9.97 Å². The van der Waals surface area contributed by atoms with Crippen LogP contribution in [-0.2, 0) is 0 Å². The molecule has 0 N–H and O–H groups in total. The predicted molar refractivity (Wildman–Crippen MR) is 116 cm³/mol. The molecule has 0 saturated carbocycles. The molecule has 0 spiro atoms. The Morgan fingerprint density at radius 3 is 1.35 bits per heavy atom. The van der Waals surface area contributed by atoms with E-state index in [1.165, 1.54) is 21.9 Å². The first-order valence-corrected chi connectivity index (χ1v) is 9.71. The van der Waals surface area contributed by atoms with E-state index >= 15 is 0 Å². The van der Waals surface area contributed by atoms with Gasteiger partial charge >= 0.3 is 0 Å². The van der Waals surface area contributed by atoms with Crippen molar-refractivity contribution in [2.45, 2.75) is 41.5 Å². The van der Waals surface area contributed by atoms with Crippen molar-refractivity contribution in [1.29, 1.82) is 0 Å². The molecule has 3 aromatic carbocycles. The lowest BCUT2D eigenvalue weighted by Gasteiger charge is -2.02. The van der Waals surface area contributed by atoms with E-state index < -0.39 is 0 Å². The molecule has 1 aromatic heterocycles. The van der Waals surface area contributed by atoms with Crippen LogP contribution < -0.4 is 0 Å². The zero-order chi connectivity index (χ0) is 19.1. The molecule has 26 heavy (non-hydrogen) atoms. The third-order valence-electron chi connectivity index (χ3n) is 3.99. The van der Waals surface area contributed by atoms with Gasteiger partial charge < -0.3 is 0 Å². The van der Waals surface area contributed by atoms with Gasteiger partial charge in [0.1, 0.15) is 0 Å². The SMILES string of the molecule is CC.CC.CC.c1cc2c3c(cccc3c1)-c1nc3ccccc3nc1-2. The van der Waals surface area contributed by atoms with Crippen LogP contribution in [0.2, 0.25) is 0 Å². The van der Waals surface area contributed by atoms with Crippen molar-refractivity contribution in [2.24, 2.45) is 0 Å². The summed E-state index contributed by atoms with van der Waals surface area (Å²) in [6, 6.07) is 20.8. The lowest BCUT2D eigenvalue weighted by Crippen LogP contribution is -1.89. The van der Waals surface area contributed by atoms with Crippen LogP contribution in [0.15, 0.2) is 60.7 Å². The lowest BCUT2D eigenvalue weighted by atomic mass is 10.0. The number of benzene rings is 3. The highest BCUT2D eigenvalue weighted by Gasteiger charge is 2.23. The summed E-state index contributed by atoms with van der Waals surface area (Å²) in [5.41, 5.74) is 6.33. The molecule has 0 atom stereocenters. The third-order valence-corrected chi connectivity index (χ3v) is 3.99. The smallest absolute Gasteiger partial charge is 0.0979 e. The summed E-state index contributed by atoms with van der Waals surface area (Å²) in [5.74, 6) is 0. The van der Waals surface area contributed by atoms with Gasteiger partial charge in [-0.15, -0.1) is 0 Å². The number of hydrogen-bond donors (Lipinski definition) is 0. The van der Waals surface area contributed by atoms with Gasteiger partial charge in [-0.2, -0.15) is 0 Å². The standard InChI is InChI=1S/C18H10N2.3C2H6/c1-2-10-15-14(9-1)19-17-12-7-3-5-11-6-4-8-13(16(11)12)18(17)20-15;3*1-2/h1-10H;3*1-2H3. The van der Waals surface area contributed by atoms with E-state index in [0.29, 0.717) is 0 Å². The van der Waals surface area contributed by atoms with Gasteiger partial charge in [0.25, 0.3) is 0 Å². The maximum Gasteiger partial charge on any atom is 0.0979 e. The van der Waals surface area contributed by atoms with Crippen molar-refractivity contribution < 1.29 is 0 Å². The second-order valence-electron chi connectivity index (χ2n) is 5.12. The summed E-state index contributed by atoms with van der Waals surface area (Å²) in [5, 5.41) is 2.53. The Kier molecular flexibility index (Phi) is 6.85. The van der Waals surface area contributed by atoms with Gasteiger partial charge in [-0.05, 0) is 17.5 Å². The molecule has 0 aliphatic heterocycles. The predicted octanol–water partition coefficient (Wildman–Crippen LogP) is 7.51. The third kappa shape index (κ3) is 3.20. The molecule has 0 radical (unpaired) electrons. The molecule has 0 bridgehead atoms. The van der Waals surface area contributed by atoms with Gasteiger partial charge in [0.05, 0.1) is 22.4 Å². The highest BCUT2D eigenvalue weighted by Crippen LogP contribution is 2.45. The van der Waals surface area contributed by atoms with Crippen LogP contribution in [0.1, 0.15) is 41.5 Å². The van der Waals surface area contributed by atoms with E-state index in [0.717, 1.165) is 22.4 Å². The topological polar surface area (TPSA) is 25.8 Å². The number of aromatic nitrogens is 2. The van der Waals surface area contributed by atoms with Gasteiger partial charge in [-0.25, -0.2) is 9.97 Å². The monoisotopic (exact) mass is 344 g/mol. The number of rotatable bonds is 0. The Morgan fingerprint density at radius 1 is 0.500 bits per heavy atom. The van der Waals surface area contributed by atoms with E-state index in [4.69, 9.17) is 9.97 Å². The number of hydrogen-bond acceptors (Lipinski definition) is 2. The summed E-state index contributed by atoms with van der Waals surface area (Å²) < 4.78 is 0. The number of nitrogens with zero attached hydrogens (tertiary/aromatic N) is 2. The zero-order valence-electron chi connectivity index (χ0n) is 16.7. The average Bonchev–Trinajstić information content (AvgIpc) is 3.06. The van der Waals surface area contributed by atoms with Crippen LogP contribution in [-0.4, -0.2) is 9.97 Å². The first-order chi connectivity index (χ1) is 12.9. The normalized spacial score (nSPS) is 9.92. The maximum atomic E-state index is 4.83. The summed E-state index contributed by atoms with van der Waals surface area (Å²) >= 11 is 0. The van der Waals surface area contributed by atoms with Crippen LogP contribution in [0.25, 0.3) is 44.3 Å². The van der Waals surface area contributed by atoms with E-state index in [1.54, 1.807) is 0 Å². The first-order valence-electron chi connectivity index (χ1n) is 9.71. The fourth-order valence-corrected chi connectivity index (χ4v) is 3.11. The summed E-state index contributed by atoms with van der Waals surface area (Å²) in [6.07, 6.45) is 0. The Labute approximate surface area is 156 Å². The second kappa shape index (κ2) is 9.10. The molecule has 134 valence electrons. The molecule has 0 amide bonds. The number of fused-ring (bicyclic) bond motifs is 4. The van der Waals surface area contributed by atoms with Gasteiger partial charge in [0.15, 0.2) is 0 Å². The molecule has 1 heterocycles. The Morgan fingerprint density at radius 2 is 0.923 bits per heavy atom. The van der Waals surface area contributed by atoms with Crippen LogP contribution in [0.4, 0.5) is 0 Å². The Balaban J connectivity index is 0.000000371. The highest BCUT2D eigenvalue weighted by atomic mass is 14.8. The minimum Gasteiger partial charge on any atom is -0.244 e. The van der Waals surface area contributed by atoms with Gasteiger partial charge in [0, 0.05) is 16.5 Å². The lowest BCUT2D eigenvalue weighted by molar-refractivity contribution is 1.32. The Bertz CT molecular complexity index is 926. The molecule has 1 aliphatic carbocycles. The van der Waals surface area contributed by atoms with Crippen LogP contribution in [0.3, 0.4) is 0 Å². The van der Waals surface area contributed by atoms with Crippen LogP contribution in [0.5, 0.6) is 0 Å². The van der Waals surface area contributed by atoms with E-state index in [2.05, 4.69) is 36.4 Å². The molecule has 1 aliphatic rings. The summed E-state index contributed by atoms with van der Waals surface area (Å²) in [4.78, 5) is 9.67. The number of para-hydroxylation sites is 2. The largest absolute Gasteiger partial charge is 0.244 e. The fraction of sp³-hybridized carbons (Fsp3) is 0.250. The van der Waals surface area contributed by atoms with Gasteiger partial charge in [-0.3, -0.25) is 0 Å². The van der Waals surface area contributed by atoms with Crippen molar-refractivity contribution in [3.63, 3.8) is 0 Å². The fourth-order valence-electron chi connectivity index (χ4n) is 3.11. The Hall–Kier alpha value is -2.74. The average molecular weight is 345 g/mol. The summed E-state index contributed by atoms with van der Waals surface area (Å²) in [6.45, 7) is 12.0. The van der Waals surface area contributed by atoms with E-state index in [1.807, 2.05) is 65.8 Å². The molecule has 4 aromatic rings. The van der Waals surface area contributed by atoms with Crippen LogP contribution in [0, 0.1) is 0 Å².